The number of imidazole rings is 2. The maximum absolute atomic E-state index is 12.9. The third-order valence-corrected chi connectivity index (χ3v) is 8.34. The highest BCUT2D eigenvalue weighted by molar-refractivity contribution is 5.81. The van der Waals surface area contributed by atoms with E-state index in [0.29, 0.717) is 37.0 Å². The van der Waals surface area contributed by atoms with Crippen LogP contribution in [0.3, 0.4) is 0 Å². The number of hydrogen-bond donors (Lipinski definition) is 3. The third-order valence-electron chi connectivity index (χ3n) is 8.34. The number of esters is 1. The van der Waals surface area contributed by atoms with Gasteiger partial charge in [-0.05, 0) is 56.5 Å². The number of piperidine rings is 1. The zero-order valence-electron chi connectivity index (χ0n) is 26.7. The topological polar surface area (TPSA) is 170 Å². The molecule has 14 heteroatoms. The number of nitrogens with zero attached hydrogens (tertiary/aromatic N) is 6. The number of nitrogens with one attached hydrogen (secondary N) is 2. The molecule has 5 rings (SSSR count). The Morgan fingerprint density at radius 2 is 1.98 bits per heavy atom. The van der Waals surface area contributed by atoms with Gasteiger partial charge in [-0.3, -0.25) is 19.2 Å². The minimum Gasteiger partial charge on any atom is -0.492 e. The van der Waals surface area contributed by atoms with E-state index in [4.69, 9.17) is 19.9 Å². The summed E-state index contributed by atoms with van der Waals surface area (Å²) in [6.45, 7) is 7.95. The number of methoxy groups -OCH3 is 1. The molecule has 0 spiro atoms. The van der Waals surface area contributed by atoms with Gasteiger partial charge >= 0.3 is 17.7 Å². The van der Waals surface area contributed by atoms with Gasteiger partial charge in [0.25, 0.3) is 0 Å². The van der Waals surface area contributed by atoms with E-state index in [0.717, 1.165) is 81.8 Å². The van der Waals surface area contributed by atoms with Crippen molar-refractivity contribution in [2.45, 2.75) is 64.6 Å². The quantitative estimate of drug-likeness (QED) is 0.115. The number of benzene rings is 1. The van der Waals surface area contributed by atoms with Crippen molar-refractivity contribution in [2.75, 3.05) is 52.2 Å². The molecule has 0 atom stereocenters. The van der Waals surface area contributed by atoms with Crippen LogP contribution in [0, 0.1) is 0 Å². The van der Waals surface area contributed by atoms with Gasteiger partial charge in [0.2, 0.25) is 0 Å². The zero-order chi connectivity index (χ0) is 32.3. The van der Waals surface area contributed by atoms with Gasteiger partial charge in [-0.15, -0.1) is 0 Å². The van der Waals surface area contributed by atoms with Gasteiger partial charge in [0.05, 0.1) is 26.5 Å². The number of hydrogen-bond acceptors (Lipinski definition) is 11. The highest BCUT2D eigenvalue weighted by atomic mass is 16.5. The van der Waals surface area contributed by atoms with Crippen LogP contribution in [0.5, 0.6) is 11.8 Å². The molecule has 0 unspecified atom stereocenters. The number of nitrogens with two attached hydrogens (primary N) is 1. The number of H-pyrrole nitrogens is 2. The second kappa shape index (κ2) is 16.2. The van der Waals surface area contributed by atoms with Crippen LogP contribution < -0.4 is 20.9 Å². The molecule has 0 amide bonds. The lowest BCUT2D eigenvalue weighted by Crippen LogP contribution is -2.46. The Bertz CT molecular complexity index is 1600. The van der Waals surface area contributed by atoms with Gasteiger partial charge < -0.3 is 29.9 Å². The number of aryl methyl sites for hydroxylation is 1. The molecule has 4 N–H and O–H groups in total. The number of aromatic amines is 2. The van der Waals surface area contributed by atoms with Crippen LogP contribution in [0.2, 0.25) is 0 Å². The first-order valence-electron chi connectivity index (χ1n) is 16.0. The number of fused-ring (bicyclic) bond motifs is 1. The molecule has 3 aromatic heterocycles. The molecule has 1 aromatic carbocycles. The molecule has 248 valence electrons. The number of anilines is 1. The molecule has 0 radical (unpaired) electrons. The first-order valence-corrected chi connectivity index (χ1v) is 16.0. The van der Waals surface area contributed by atoms with Crippen LogP contribution in [-0.2, 0) is 29.0 Å². The minimum absolute atomic E-state index is 0.191. The minimum atomic E-state index is -0.268. The maximum atomic E-state index is 12.9. The Morgan fingerprint density at radius 1 is 1.13 bits per heavy atom. The average Bonchev–Trinajstić information content (AvgIpc) is 3.69. The molecule has 0 bridgehead atoms. The smallest absolute Gasteiger partial charge is 0.327 e. The fraction of sp³-hybridized carbons (Fsp3) is 0.531. The lowest BCUT2D eigenvalue weighted by atomic mass is 10.0. The van der Waals surface area contributed by atoms with Gasteiger partial charge in [0, 0.05) is 44.1 Å². The summed E-state index contributed by atoms with van der Waals surface area (Å²) >= 11 is 0. The van der Waals surface area contributed by atoms with Crippen molar-refractivity contribution in [1.29, 1.82) is 0 Å². The molecule has 1 aliphatic heterocycles. The summed E-state index contributed by atoms with van der Waals surface area (Å²) in [4.78, 5) is 48.4. The predicted octanol–water partition coefficient (Wildman–Crippen LogP) is 2.76. The fourth-order valence-electron chi connectivity index (χ4n) is 5.81. The molecular weight excluding hydrogens is 590 g/mol. The molecule has 46 heavy (non-hydrogen) atoms. The van der Waals surface area contributed by atoms with E-state index in [9.17, 15) is 9.59 Å². The van der Waals surface area contributed by atoms with Gasteiger partial charge in [-0.25, -0.2) is 9.78 Å². The average molecular weight is 636 g/mol. The van der Waals surface area contributed by atoms with Crippen molar-refractivity contribution in [3.05, 3.63) is 58.5 Å². The normalized spacial score (nSPS) is 14.2. The van der Waals surface area contributed by atoms with Gasteiger partial charge in [0.1, 0.15) is 17.9 Å². The summed E-state index contributed by atoms with van der Waals surface area (Å²) in [5.41, 5.74) is 8.71. The monoisotopic (exact) mass is 635 g/mol. The Hall–Kier alpha value is -4.43. The molecular formula is C32H45N9O5. The number of carbonyl (C=O) groups excluding carboxylic acids is 1. The molecule has 0 aliphatic carbocycles. The van der Waals surface area contributed by atoms with Crippen LogP contribution in [0.4, 0.5) is 5.82 Å². The summed E-state index contributed by atoms with van der Waals surface area (Å²) in [6, 6.07) is 8.18. The van der Waals surface area contributed by atoms with Crippen molar-refractivity contribution >= 4 is 23.0 Å². The van der Waals surface area contributed by atoms with E-state index in [-0.39, 0.29) is 29.9 Å². The standard InChI is InChI=1S/C32H45N9O5/c1-3-4-16-46-31-37-29(33)28-30(38-31)41(32(43)36-28)12-6-11-40(21-24-20-34-22-35-24)25-9-13-39(14-10-25)15-17-45-26-8-5-7-23(18-26)19-27(42)44-2/h5,7-8,18,20,22,25H,3-4,6,9-17,19,21H2,1-2H3,(H,34,35)(H,36,43)(H2,33,37,38). The van der Waals surface area contributed by atoms with Crippen LogP contribution in [0.1, 0.15) is 50.3 Å². The molecule has 14 nitrogen and oxygen atoms in total. The van der Waals surface area contributed by atoms with Crippen LogP contribution in [-0.4, -0.2) is 97.8 Å². The summed E-state index contributed by atoms with van der Waals surface area (Å²) in [5.74, 6) is 0.693. The van der Waals surface area contributed by atoms with E-state index in [1.54, 1.807) is 10.9 Å². The maximum Gasteiger partial charge on any atom is 0.327 e. The van der Waals surface area contributed by atoms with Crippen molar-refractivity contribution in [3.63, 3.8) is 0 Å². The highest BCUT2D eigenvalue weighted by Crippen LogP contribution is 2.21. The second-order valence-corrected chi connectivity index (χ2v) is 11.6. The number of likely N-dealkylation sites (tertiary alicyclic amines) is 1. The number of nitrogen functional groups attached to an aromatic ring is 1. The molecule has 1 aliphatic rings. The number of aromatic nitrogens is 6. The predicted molar refractivity (Wildman–Crippen MR) is 174 cm³/mol. The zero-order valence-corrected chi connectivity index (χ0v) is 26.7. The van der Waals surface area contributed by atoms with Crippen LogP contribution in [0.15, 0.2) is 41.6 Å². The second-order valence-electron chi connectivity index (χ2n) is 11.6. The molecule has 0 saturated carbocycles. The lowest BCUT2D eigenvalue weighted by Gasteiger charge is -2.38. The largest absolute Gasteiger partial charge is 0.492 e. The van der Waals surface area contributed by atoms with E-state index in [1.807, 2.05) is 30.5 Å². The molecule has 1 fully saturated rings. The number of carbonyl (C=O) groups is 1. The van der Waals surface area contributed by atoms with E-state index in [1.165, 1.54) is 7.11 Å². The van der Waals surface area contributed by atoms with E-state index >= 15 is 0 Å². The van der Waals surface area contributed by atoms with Crippen molar-refractivity contribution in [1.82, 2.24) is 39.3 Å². The van der Waals surface area contributed by atoms with Crippen molar-refractivity contribution in [3.8, 4) is 11.8 Å². The number of unbranched alkanes of at least 4 members (excludes halogenated alkanes) is 1. The Labute approximate surface area is 268 Å². The Morgan fingerprint density at radius 3 is 2.74 bits per heavy atom. The number of rotatable bonds is 17. The van der Waals surface area contributed by atoms with Crippen LogP contribution >= 0.6 is 0 Å². The van der Waals surface area contributed by atoms with Crippen LogP contribution in [0.25, 0.3) is 11.2 Å². The Balaban J connectivity index is 1.14. The van der Waals surface area contributed by atoms with Gasteiger partial charge in [-0.1, -0.05) is 25.5 Å². The molecule has 4 heterocycles. The lowest BCUT2D eigenvalue weighted by molar-refractivity contribution is -0.139. The van der Waals surface area contributed by atoms with Gasteiger partial charge in [-0.2, -0.15) is 9.97 Å². The first-order chi connectivity index (χ1) is 22.4. The SMILES string of the molecule is CCCCOc1nc(N)c2[nH]c(=O)n(CCCN(Cc3cnc[nH]3)C3CCN(CCOc4cccc(CC(=O)OC)c4)CC3)c2n1. The van der Waals surface area contributed by atoms with Gasteiger partial charge in [0.15, 0.2) is 11.5 Å². The van der Waals surface area contributed by atoms with E-state index in [2.05, 4.69) is 41.6 Å². The Kier molecular flexibility index (Phi) is 11.6. The van der Waals surface area contributed by atoms with Crippen molar-refractivity contribution < 1.29 is 19.0 Å². The molecule has 4 aromatic rings. The summed E-state index contributed by atoms with van der Waals surface area (Å²) in [5, 5.41) is 0. The number of ether oxygens (including phenoxy) is 3. The fourth-order valence-corrected chi connectivity index (χ4v) is 5.81. The third kappa shape index (κ3) is 8.85. The summed E-state index contributed by atoms with van der Waals surface area (Å²) in [7, 11) is 1.39. The van der Waals surface area contributed by atoms with E-state index < -0.39 is 0 Å². The molecule has 1 saturated heterocycles. The summed E-state index contributed by atoms with van der Waals surface area (Å²) in [6.07, 6.45) is 8.47. The van der Waals surface area contributed by atoms with Crippen molar-refractivity contribution in [2.24, 2.45) is 0 Å². The first kappa shape index (κ1) is 32.9. The highest BCUT2D eigenvalue weighted by Gasteiger charge is 2.25. The summed E-state index contributed by atoms with van der Waals surface area (Å²) < 4.78 is 18.1.